The van der Waals surface area contributed by atoms with Crippen LogP contribution in [0.3, 0.4) is 0 Å². The molecule has 0 saturated carbocycles. The first-order valence-electron chi connectivity index (χ1n) is 7.95. The number of amides is 1. The number of pyridine rings is 1. The average Bonchev–Trinajstić information content (AvgIpc) is 2.68. The van der Waals surface area contributed by atoms with Crippen LogP contribution in [0.25, 0.3) is 0 Å². The lowest BCUT2D eigenvalue weighted by Crippen LogP contribution is -2.20. The van der Waals surface area contributed by atoms with Gasteiger partial charge in [0, 0.05) is 12.7 Å². The van der Waals surface area contributed by atoms with Crippen molar-refractivity contribution in [1.82, 2.24) is 4.98 Å². The van der Waals surface area contributed by atoms with Crippen LogP contribution in [0.4, 0.5) is 17.2 Å². The summed E-state index contributed by atoms with van der Waals surface area (Å²) in [4.78, 5) is 18.3. The Kier molecular flexibility index (Phi) is 5.26. The van der Waals surface area contributed by atoms with Crippen LogP contribution >= 0.6 is 0 Å². The molecule has 0 aliphatic carbocycles. The fourth-order valence-electron chi connectivity index (χ4n) is 2.30. The van der Waals surface area contributed by atoms with Gasteiger partial charge in [0.25, 0.3) is 5.91 Å². The van der Waals surface area contributed by atoms with Gasteiger partial charge in [0.2, 0.25) is 0 Å². The Morgan fingerprint density at radius 1 is 1.00 bits per heavy atom. The van der Waals surface area contributed by atoms with Gasteiger partial charge in [-0.1, -0.05) is 36.4 Å². The van der Waals surface area contributed by atoms with Crippen molar-refractivity contribution in [1.29, 1.82) is 0 Å². The van der Waals surface area contributed by atoms with Crippen LogP contribution in [0.2, 0.25) is 0 Å². The van der Waals surface area contributed by atoms with Gasteiger partial charge in [-0.25, -0.2) is 4.98 Å². The molecule has 0 aliphatic rings. The van der Waals surface area contributed by atoms with Gasteiger partial charge in [-0.2, -0.15) is 0 Å². The Morgan fingerprint density at radius 3 is 2.32 bits per heavy atom. The topological polar surface area (TPSA) is 54.5 Å². The summed E-state index contributed by atoms with van der Waals surface area (Å²) in [5, 5.41) is 2.77. The molecule has 1 aromatic heterocycles. The number of nitrogens with zero attached hydrogens (tertiary/aromatic N) is 2. The average molecular weight is 333 g/mol. The first kappa shape index (κ1) is 16.5. The highest BCUT2D eigenvalue weighted by Gasteiger charge is 2.07. The SMILES string of the molecule is CN(c1ccccc1)c1ccc(NC(=O)COc2ccccc2)cn1. The predicted molar refractivity (Wildman–Crippen MR) is 99.3 cm³/mol. The van der Waals surface area contributed by atoms with Gasteiger partial charge in [0.05, 0.1) is 11.9 Å². The predicted octanol–water partition coefficient (Wildman–Crippen LogP) is 3.87. The molecule has 2 aromatic carbocycles. The fourth-order valence-corrected chi connectivity index (χ4v) is 2.30. The highest BCUT2D eigenvalue weighted by molar-refractivity contribution is 5.91. The van der Waals surface area contributed by atoms with E-state index in [-0.39, 0.29) is 12.5 Å². The Bertz CT molecular complexity index is 805. The summed E-state index contributed by atoms with van der Waals surface area (Å²) in [7, 11) is 1.95. The van der Waals surface area contributed by atoms with Crippen molar-refractivity contribution in [3.8, 4) is 5.75 Å². The second-order valence-corrected chi connectivity index (χ2v) is 5.45. The highest BCUT2D eigenvalue weighted by Crippen LogP contribution is 2.21. The third-order valence-corrected chi connectivity index (χ3v) is 3.63. The zero-order valence-corrected chi connectivity index (χ0v) is 13.9. The molecule has 1 heterocycles. The minimum absolute atomic E-state index is 0.0459. The van der Waals surface area contributed by atoms with Crippen molar-refractivity contribution in [2.75, 3.05) is 23.9 Å². The maximum absolute atomic E-state index is 12.0. The van der Waals surface area contributed by atoms with Crippen molar-refractivity contribution < 1.29 is 9.53 Å². The molecule has 0 spiro atoms. The molecule has 5 heteroatoms. The van der Waals surface area contributed by atoms with E-state index in [4.69, 9.17) is 4.74 Å². The van der Waals surface area contributed by atoms with E-state index in [1.54, 1.807) is 6.20 Å². The number of para-hydroxylation sites is 2. The molecule has 126 valence electrons. The summed E-state index contributed by atoms with van der Waals surface area (Å²) in [6.45, 7) is -0.0459. The zero-order chi connectivity index (χ0) is 17.5. The molecule has 1 amide bonds. The highest BCUT2D eigenvalue weighted by atomic mass is 16.5. The Hall–Kier alpha value is -3.34. The summed E-state index contributed by atoms with van der Waals surface area (Å²) in [5.74, 6) is 1.23. The maximum atomic E-state index is 12.0. The number of rotatable bonds is 6. The molecule has 0 radical (unpaired) electrons. The minimum atomic E-state index is -0.227. The van der Waals surface area contributed by atoms with Crippen molar-refractivity contribution in [2.24, 2.45) is 0 Å². The molecule has 0 unspecified atom stereocenters. The van der Waals surface area contributed by atoms with Gasteiger partial charge in [-0.3, -0.25) is 4.79 Å². The summed E-state index contributed by atoms with van der Waals surface area (Å²) in [6.07, 6.45) is 1.63. The van der Waals surface area contributed by atoms with Crippen LogP contribution in [0.1, 0.15) is 0 Å². The standard InChI is InChI=1S/C20H19N3O2/c1-23(17-8-4-2-5-9-17)19-13-12-16(14-21-19)22-20(24)15-25-18-10-6-3-7-11-18/h2-14H,15H2,1H3,(H,22,24). The lowest BCUT2D eigenvalue weighted by Gasteiger charge is -2.18. The van der Waals surface area contributed by atoms with Gasteiger partial charge in [-0.15, -0.1) is 0 Å². The van der Waals surface area contributed by atoms with Crippen LogP contribution in [-0.4, -0.2) is 24.5 Å². The summed E-state index contributed by atoms with van der Waals surface area (Å²) >= 11 is 0. The van der Waals surface area contributed by atoms with E-state index in [1.807, 2.05) is 84.7 Å². The van der Waals surface area contributed by atoms with Crippen molar-refractivity contribution in [3.05, 3.63) is 79.0 Å². The number of ether oxygens (including phenoxy) is 1. The van der Waals surface area contributed by atoms with Crippen LogP contribution in [0.15, 0.2) is 79.0 Å². The molecule has 3 aromatic rings. The van der Waals surface area contributed by atoms with E-state index in [0.29, 0.717) is 11.4 Å². The number of aromatic nitrogens is 1. The molecule has 5 nitrogen and oxygen atoms in total. The van der Waals surface area contributed by atoms with Gasteiger partial charge < -0.3 is 15.0 Å². The molecule has 3 rings (SSSR count). The maximum Gasteiger partial charge on any atom is 0.262 e. The van der Waals surface area contributed by atoms with Crippen molar-refractivity contribution in [3.63, 3.8) is 0 Å². The summed E-state index contributed by atoms with van der Waals surface area (Å²) in [6, 6.07) is 22.9. The monoisotopic (exact) mass is 333 g/mol. The molecule has 0 bridgehead atoms. The largest absolute Gasteiger partial charge is 0.484 e. The second kappa shape index (κ2) is 7.97. The van der Waals surface area contributed by atoms with Gasteiger partial charge in [0.1, 0.15) is 11.6 Å². The van der Waals surface area contributed by atoms with Crippen LogP contribution in [0, 0.1) is 0 Å². The number of hydrogen-bond acceptors (Lipinski definition) is 4. The Labute approximate surface area is 146 Å². The Balaban J connectivity index is 1.56. The Morgan fingerprint density at radius 2 is 1.68 bits per heavy atom. The first-order chi connectivity index (χ1) is 12.2. The van der Waals surface area contributed by atoms with E-state index in [1.165, 1.54) is 0 Å². The quantitative estimate of drug-likeness (QED) is 0.744. The third kappa shape index (κ3) is 4.57. The summed E-state index contributed by atoms with van der Waals surface area (Å²) in [5.41, 5.74) is 1.68. The van der Waals surface area contributed by atoms with Crippen LogP contribution in [-0.2, 0) is 4.79 Å². The molecule has 0 fully saturated rings. The van der Waals surface area contributed by atoms with E-state index in [0.717, 1.165) is 11.5 Å². The number of benzene rings is 2. The molecular weight excluding hydrogens is 314 g/mol. The minimum Gasteiger partial charge on any atom is -0.484 e. The van der Waals surface area contributed by atoms with Crippen LogP contribution < -0.4 is 15.0 Å². The number of carbonyl (C=O) groups excluding carboxylic acids is 1. The van der Waals surface area contributed by atoms with Gasteiger partial charge in [-0.05, 0) is 36.4 Å². The fraction of sp³-hybridized carbons (Fsp3) is 0.100. The molecule has 0 saturated heterocycles. The molecule has 25 heavy (non-hydrogen) atoms. The normalized spacial score (nSPS) is 10.1. The first-order valence-corrected chi connectivity index (χ1v) is 7.95. The number of anilines is 3. The third-order valence-electron chi connectivity index (χ3n) is 3.63. The number of nitrogens with one attached hydrogen (secondary N) is 1. The van der Waals surface area contributed by atoms with Crippen molar-refractivity contribution >= 4 is 23.1 Å². The second-order valence-electron chi connectivity index (χ2n) is 5.45. The van der Waals surface area contributed by atoms with Gasteiger partial charge >= 0.3 is 0 Å². The molecule has 0 atom stereocenters. The van der Waals surface area contributed by atoms with E-state index < -0.39 is 0 Å². The summed E-state index contributed by atoms with van der Waals surface area (Å²) < 4.78 is 5.42. The van der Waals surface area contributed by atoms with Gasteiger partial charge in [0.15, 0.2) is 6.61 Å². The molecule has 1 N–H and O–H groups in total. The van der Waals surface area contributed by atoms with E-state index in [2.05, 4.69) is 10.3 Å². The van der Waals surface area contributed by atoms with Crippen LogP contribution in [0.5, 0.6) is 5.75 Å². The zero-order valence-electron chi connectivity index (χ0n) is 13.9. The number of hydrogen-bond donors (Lipinski definition) is 1. The molecular formula is C20H19N3O2. The molecule has 0 aliphatic heterocycles. The lowest BCUT2D eigenvalue weighted by atomic mass is 10.3. The van der Waals surface area contributed by atoms with E-state index in [9.17, 15) is 4.79 Å². The smallest absolute Gasteiger partial charge is 0.262 e. The lowest BCUT2D eigenvalue weighted by molar-refractivity contribution is -0.118. The van der Waals surface area contributed by atoms with Crippen molar-refractivity contribution in [2.45, 2.75) is 0 Å². The number of carbonyl (C=O) groups is 1. The van der Waals surface area contributed by atoms with E-state index >= 15 is 0 Å².